The number of pyridine rings is 1. The second kappa shape index (κ2) is 7.54. The Hall–Kier alpha value is -3.68. The summed E-state index contributed by atoms with van der Waals surface area (Å²) in [7, 11) is 0. The number of aromatic amines is 1. The summed E-state index contributed by atoms with van der Waals surface area (Å²) < 4.78 is 2.02. The van der Waals surface area contributed by atoms with Crippen molar-refractivity contribution in [2.45, 2.75) is 32.9 Å². The highest BCUT2D eigenvalue weighted by molar-refractivity contribution is 5.96. The van der Waals surface area contributed by atoms with Crippen LogP contribution in [0.4, 0.5) is 0 Å². The summed E-state index contributed by atoms with van der Waals surface area (Å²) in [6.45, 7) is 6.04. The molecule has 8 nitrogen and oxygen atoms in total. The van der Waals surface area contributed by atoms with E-state index >= 15 is 0 Å². The number of hydrogen-bond acceptors (Lipinski definition) is 5. The first-order chi connectivity index (χ1) is 15.0. The largest absolute Gasteiger partial charge is 0.508 e. The Labute approximate surface area is 179 Å². The van der Waals surface area contributed by atoms with Gasteiger partial charge in [-0.05, 0) is 29.7 Å². The van der Waals surface area contributed by atoms with Gasteiger partial charge in [-0.2, -0.15) is 0 Å². The summed E-state index contributed by atoms with van der Waals surface area (Å²) in [5.41, 5.74) is 4.76. The lowest BCUT2D eigenvalue weighted by atomic mass is 9.90. The topological polar surface area (TPSA) is 99.9 Å². The molecule has 1 aromatic carbocycles. The second-order valence-electron chi connectivity index (χ2n) is 8.46. The molecule has 0 bridgehead atoms. The lowest BCUT2D eigenvalue weighted by Crippen LogP contribution is -2.38. The molecule has 4 heterocycles. The van der Waals surface area contributed by atoms with E-state index in [1.54, 1.807) is 35.9 Å². The highest BCUT2D eigenvalue weighted by Gasteiger charge is 2.32. The van der Waals surface area contributed by atoms with Crippen LogP contribution in [0, 0.1) is 5.92 Å². The lowest BCUT2D eigenvalue weighted by Gasteiger charge is -2.32. The molecule has 1 atom stereocenters. The summed E-state index contributed by atoms with van der Waals surface area (Å²) in [5, 5.41) is 9.93. The molecule has 1 aliphatic heterocycles. The number of phenols is 1. The van der Waals surface area contributed by atoms with Crippen LogP contribution in [0.2, 0.25) is 0 Å². The number of H-pyrrole nitrogens is 1. The molecule has 1 aliphatic rings. The van der Waals surface area contributed by atoms with Gasteiger partial charge in [0.05, 0.1) is 36.2 Å². The van der Waals surface area contributed by atoms with Gasteiger partial charge in [-0.3, -0.25) is 4.79 Å². The average Bonchev–Trinajstić information content (AvgIpc) is 3.39. The van der Waals surface area contributed by atoms with Crippen LogP contribution in [0.5, 0.6) is 5.75 Å². The number of carbonyl (C=O) groups is 1. The van der Waals surface area contributed by atoms with Gasteiger partial charge in [-0.1, -0.05) is 26.0 Å². The summed E-state index contributed by atoms with van der Waals surface area (Å²) >= 11 is 0. The van der Waals surface area contributed by atoms with Gasteiger partial charge in [0.1, 0.15) is 11.3 Å². The maximum Gasteiger partial charge on any atom is 0.255 e. The number of imidazole rings is 2. The van der Waals surface area contributed by atoms with E-state index in [9.17, 15) is 9.90 Å². The number of amides is 1. The summed E-state index contributed by atoms with van der Waals surface area (Å²) in [4.78, 5) is 31.8. The normalized spacial score (nSPS) is 16.1. The number of carbonyl (C=O) groups excluding carboxylic acids is 1. The Balaban J connectivity index is 1.45. The zero-order valence-corrected chi connectivity index (χ0v) is 17.5. The Morgan fingerprint density at radius 2 is 2.13 bits per heavy atom. The van der Waals surface area contributed by atoms with Crippen LogP contribution in [-0.2, 0) is 13.1 Å². The predicted octanol–water partition coefficient (Wildman–Crippen LogP) is 3.30. The van der Waals surface area contributed by atoms with Crippen LogP contribution in [0.15, 0.2) is 49.2 Å². The molecule has 8 heteroatoms. The molecule has 0 saturated heterocycles. The third-order valence-electron chi connectivity index (χ3n) is 5.66. The van der Waals surface area contributed by atoms with Gasteiger partial charge in [0.2, 0.25) is 0 Å². The second-order valence-corrected chi connectivity index (χ2v) is 8.46. The van der Waals surface area contributed by atoms with E-state index in [4.69, 9.17) is 0 Å². The van der Waals surface area contributed by atoms with Crippen LogP contribution in [0.25, 0.3) is 11.2 Å². The van der Waals surface area contributed by atoms with E-state index < -0.39 is 0 Å². The molecule has 2 N–H and O–H groups in total. The molecule has 31 heavy (non-hydrogen) atoms. The number of nitrogens with zero attached hydrogens (tertiary/aromatic N) is 5. The van der Waals surface area contributed by atoms with E-state index in [2.05, 4.69) is 33.8 Å². The molecule has 1 amide bonds. The number of aromatic hydroxyl groups is 1. The van der Waals surface area contributed by atoms with Crippen molar-refractivity contribution in [3.63, 3.8) is 0 Å². The highest BCUT2D eigenvalue weighted by Crippen LogP contribution is 2.33. The molecule has 0 fully saturated rings. The first-order valence-electron chi connectivity index (χ1n) is 10.4. The number of nitrogens with one attached hydrogen (secondary N) is 1. The molecule has 0 radical (unpaired) electrons. The van der Waals surface area contributed by atoms with Crippen molar-refractivity contribution in [2.24, 2.45) is 5.92 Å². The Bertz CT molecular complexity index is 1260. The lowest BCUT2D eigenvalue weighted by molar-refractivity contribution is 0.0721. The minimum absolute atomic E-state index is 0.0989. The van der Waals surface area contributed by atoms with Crippen molar-refractivity contribution in [1.29, 1.82) is 0 Å². The molecule has 0 aliphatic carbocycles. The fraction of sp³-hybridized carbons (Fsp3) is 0.304. The van der Waals surface area contributed by atoms with E-state index in [-0.39, 0.29) is 17.6 Å². The van der Waals surface area contributed by atoms with Crippen molar-refractivity contribution in [2.75, 3.05) is 6.54 Å². The van der Waals surface area contributed by atoms with Gasteiger partial charge in [0, 0.05) is 25.2 Å². The fourth-order valence-electron chi connectivity index (χ4n) is 4.26. The van der Waals surface area contributed by atoms with Crippen LogP contribution in [0.1, 0.15) is 47.1 Å². The minimum Gasteiger partial charge on any atom is -0.508 e. The smallest absolute Gasteiger partial charge is 0.255 e. The van der Waals surface area contributed by atoms with E-state index in [1.165, 1.54) is 0 Å². The van der Waals surface area contributed by atoms with Gasteiger partial charge in [0.25, 0.3) is 5.91 Å². The maximum atomic E-state index is 13.4. The van der Waals surface area contributed by atoms with Crippen molar-refractivity contribution < 1.29 is 9.90 Å². The zero-order chi connectivity index (χ0) is 21.5. The van der Waals surface area contributed by atoms with Gasteiger partial charge in [0.15, 0.2) is 5.65 Å². The van der Waals surface area contributed by atoms with Gasteiger partial charge in [-0.25, -0.2) is 15.0 Å². The molecule has 1 unspecified atom stereocenters. The Morgan fingerprint density at radius 1 is 1.26 bits per heavy atom. The van der Waals surface area contributed by atoms with Gasteiger partial charge in [-0.15, -0.1) is 0 Å². The predicted molar refractivity (Wildman–Crippen MR) is 116 cm³/mol. The molecule has 5 rings (SSSR count). The number of benzene rings is 1. The number of rotatable bonds is 4. The Morgan fingerprint density at radius 3 is 2.94 bits per heavy atom. The average molecular weight is 416 g/mol. The van der Waals surface area contributed by atoms with Crippen molar-refractivity contribution in [3.8, 4) is 5.75 Å². The molecule has 3 aromatic heterocycles. The van der Waals surface area contributed by atoms with Crippen molar-refractivity contribution in [1.82, 2.24) is 29.4 Å². The highest BCUT2D eigenvalue weighted by atomic mass is 16.3. The van der Waals surface area contributed by atoms with E-state index in [0.717, 1.165) is 34.7 Å². The third-order valence-corrected chi connectivity index (χ3v) is 5.66. The van der Waals surface area contributed by atoms with Crippen molar-refractivity contribution >= 4 is 17.1 Å². The van der Waals surface area contributed by atoms with Crippen LogP contribution >= 0.6 is 0 Å². The molecular weight excluding hydrogens is 392 g/mol. The number of phenolic OH excluding ortho intramolecular Hbond substituents is 1. The molecule has 158 valence electrons. The minimum atomic E-state index is -0.118. The SMILES string of the molecule is CC(C)Cn1cnc2cc(C(=O)N3Cc4[nH]cnc4C(c4cccc(O)c4)C3)cnc21. The monoisotopic (exact) mass is 416 g/mol. The third kappa shape index (κ3) is 3.54. The van der Waals surface area contributed by atoms with Crippen LogP contribution in [0.3, 0.4) is 0 Å². The van der Waals surface area contributed by atoms with Gasteiger partial charge >= 0.3 is 0 Å². The number of hydrogen-bond donors (Lipinski definition) is 2. The number of fused-ring (bicyclic) bond motifs is 2. The zero-order valence-electron chi connectivity index (χ0n) is 17.5. The first kappa shape index (κ1) is 19.3. The summed E-state index contributed by atoms with van der Waals surface area (Å²) in [6.07, 6.45) is 5.07. The van der Waals surface area contributed by atoms with Crippen LogP contribution < -0.4 is 0 Å². The summed E-state index contributed by atoms with van der Waals surface area (Å²) in [5.74, 6) is 0.461. The molecule has 4 aromatic rings. The van der Waals surface area contributed by atoms with E-state index in [0.29, 0.717) is 24.6 Å². The van der Waals surface area contributed by atoms with Gasteiger partial charge < -0.3 is 19.6 Å². The van der Waals surface area contributed by atoms with Crippen molar-refractivity contribution in [3.05, 3.63) is 71.7 Å². The molecule has 0 saturated carbocycles. The molecular formula is C23H24N6O2. The maximum absolute atomic E-state index is 13.4. The van der Waals surface area contributed by atoms with Crippen LogP contribution in [-0.4, -0.2) is 47.0 Å². The summed E-state index contributed by atoms with van der Waals surface area (Å²) in [6, 6.07) is 8.94. The fourth-order valence-corrected chi connectivity index (χ4v) is 4.26. The Kier molecular flexibility index (Phi) is 4.69. The quantitative estimate of drug-likeness (QED) is 0.532. The van der Waals surface area contributed by atoms with E-state index in [1.807, 2.05) is 22.8 Å². The molecule has 0 spiro atoms. The standard InChI is InChI=1S/C23H24N6O2/c1-14(2)9-29-13-27-19-7-16(8-24-22(19)29)23(31)28-10-18(15-4-3-5-17(30)6-15)21-20(11-28)25-12-26-21/h3-8,12-14,18,30H,9-11H2,1-2H3,(H,25,26). The first-order valence-corrected chi connectivity index (χ1v) is 10.4. The number of aromatic nitrogens is 5.